The fourth-order valence-corrected chi connectivity index (χ4v) is 4.61. The van der Waals surface area contributed by atoms with Crippen molar-refractivity contribution in [3.05, 3.63) is 21.0 Å². The maximum atomic E-state index is 12.6. The predicted molar refractivity (Wildman–Crippen MR) is 91.0 cm³/mol. The van der Waals surface area contributed by atoms with Crippen molar-refractivity contribution in [1.29, 1.82) is 0 Å². The highest BCUT2D eigenvalue weighted by Gasteiger charge is 2.40. The first-order chi connectivity index (χ1) is 9.52. The van der Waals surface area contributed by atoms with Gasteiger partial charge >= 0.3 is 0 Å². The Balaban J connectivity index is 2.43. The van der Waals surface area contributed by atoms with Crippen LogP contribution in [-0.4, -0.2) is 23.9 Å². The summed E-state index contributed by atoms with van der Waals surface area (Å²) in [6.07, 6.45) is 4.95. The van der Waals surface area contributed by atoms with Crippen molar-refractivity contribution in [1.82, 2.24) is 9.78 Å². The fourth-order valence-electron chi connectivity index (χ4n) is 3.97. The lowest BCUT2D eigenvalue weighted by Gasteiger charge is -2.45. The second-order valence-corrected chi connectivity index (χ2v) is 8.85. The van der Waals surface area contributed by atoms with Crippen LogP contribution in [0, 0.1) is 10.8 Å². The van der Waals surface area contributed by atoms with Crippen LogP contribution in [0.2, 0.25) is 0 Å². The summed E-state index contributed by atoms with van der Waals surface area (Å²) in [6.45, 7) is 9.15. The van der Waals surface area contributed by atoms with Crippen LogP contribution < -0.4 is 10.5 Å². The molecule has 0 saturated heterocycles. The van der Waals surface area contributed by atoms with Gasteiger partial charge in [-0.25, -0.2) is 4.68 Å². The monoisotopic (exact) mass is 355 g/mol. The number of aromatic nitrogens is 2. The van der Waals surface area contributed by atoms with Crippen molar-refractivity contribution >= 4 is 21.6 Å². The molecule has 21 heavy (non-hydrogen) atoms. The second-order valence-electron chi connectivity index (χ2n) is 8.06. The molecule has 2 rings (SSSR count). The van der Waals surface area contributed by atoms with Crippen molar-refractivity contribution < 1.29 is 0 Å². The van der Waals surface area contributed by atoms with Crippen LogP contribution >= 0.6 is 15.9 Å². The van der Waals surface area contributed by atoms with Crippen molar-refractivity contribution in [2.24, 2.45) is 10.8 Å². The number of anilines is 1. The molecule has 4 nitrogen and oxygen atoms in total. The summed E-state index contributed by atoms with van der Waals surface area (Å²) in [5.41, 5.74) is 1.27. The van der Waals surface area contributed by atoms with Gasteiger partial charge in [-0.2, -0.15) is 5.10 Å². The smallest absolute Gasteiger partial charge is 0.283 e. The van der Waals surface area contributed by atoms with Crippen LogP contribution in [0.5, 0.6) is 0 Å². The van der Waals surface area contributed by atoms with Gasteiger partial charge in [0.15, 0.2) is 0 Å². The van der Waals surface area contributed by atoms with Crippen LogP contribution in [0.15, 0.2) is 15.5 Å². The van der Waals surface area contributed by atoms with E-state index in [4.69, 9.17) is 0 Å². The van der Waals surface area contributed by atoms with Gasteiger partial charge in [0, 0.05) is 14.1 Å². The molecule has 5 heteroatoms. The van der Waals surface area contributed by atoms with Crippen LogP contribution in [0.4, 0.5) is 5.69 Å². The molecule has 0 spiro atoms. The summed E-state index contributed by atoms with van der Waals surface area (Å²) in [5.74, 6) is 0. The Morgan fingerprint density at radius 3 is 2.24 bits per heavy atom. The summed E-state index contributed by atoms with van der Waals surface area (Å²) >= 11 is 3.44. The normalized spacial score (nSPS) is 21.3. The maximum absolute atomic E-state index is 12.6. The Labute approximate surface area is 135 Å². The van der Waals surface area contributed by atoms with Gasteiger partial charge in [-0.15, -0.1) is 0 Å². The molecule has 1 heterocycles. The third-order valence-electron chi connectivity index (χ3n) is 4.29. The van der Waals surface area contributed by atoms with Crippen LogP contribution in [0.3, 0.4) is 0 Å². The molecular formula is C16H26BrN3O. The van der Waals surface area contributed by atoms with E-state index in [1.54, 1.807) is 10.9 Å². The molecule has 1 fully saturated rings. The minimum Gasteiger partial charge on any atom is -0.375 e. The van der Waals surface area contributed by atoms with Gasteiger partial charge in [0.25, 0.3) is 5.56 Å². The first-order valence-electron chi connectivity index (χ1n) is 7.47. The van der Waals surface area contributed by atoms with E-state index in [1.165, 1.54) is 6.42 Å². The van der Waals surface area contributed by atoms with Crippen LogP contribution in [0.25, 0.3) is 0 Å². The van der Waals surface area contributed by atoms with E-state index in [0.717, 1.165) is 18.5 Å². The molecule has 0 unspecified atom stereocenters. The maximum Gasteiger partial charge on any atom is 0.283 e. The summed E-state index contributed by atoms with van der Waals surface area (Å²) < 4.78 is 2.28. The van der Waals surface area contributed by atoms with Gasteiger partial charge < -0.3 is 4.90 Å². The lowest BCUT2D eigenvalue weighted by atomic mass is 9.63. The molecule has 0 radical (unpaired) electrons. The minimum atomic E-state index is -0.0281. The lowest BCUT2D eigenvalue weighted by Crippen LogP contribution is -2.39. The Morgan fingerprint density at radius 1 is 1.24 bits per heavy atom. The summed E-state index contributed by atoms with van der Waals surface area (Å²) in [7, 11) is 3.83. The highest BCUT2D eigenvalue weighted by molar-refractivity contribution is 9.10. The third-order valence-corrected chi connectivity index (χ3v) is 5.03. The van der Waals surface area contributed by atoms with Crippen molar-refractivity contribution in [2.75, 3.05) is 19.0 Å². The fraction of sp³-hybridized carbons (Fsp3) is 0.750. The zero-order valence-corrected chi connectivity index (χ0v) is 15.5. The Bertz CT molecular complexity index is 574. The molecule has 1 aromatic rings. The molecule has 0 bridgehead atoms. The van der Waals surface area contributed by atoms with Gasteiger partial charge in [0.2, 0.25) is 0 Å². The van der Waals surface area contributed by atoms with Crippen molar-refractivity contribution in [3.8, 4) is 0 Å². The number of hydrogen-bond acceptors (Lipinski definition) is 3. The molecule has 0 amide bonds. The van der Waals surface area contributed by atoms with Gasteiger partial charge in [0.05, 0.1) is 17.9 Å². The van der Waals surface area contributed by atoms with Crippen molar-refractivity contribution in [3.63, 3.8) is 0 Å². The van der Waals surface area contributed by atoms with Crippen molar-refractivity contribution in [2.45, 2.75) is 53.0 Å². The van der Waals surface area contributed by atoms with E-state index in [2.05, 4.69) is 48.7 Å². The Hall–Kier alpha value is -0.840. The number of hydrogen-bond donors (Lipinski definition) is 0. The van der Waals surface area contributed by atoms with Crippen LogP contribution in [0.1, 0.15) is 53.0 Å². The van der Waals surface area contributed by atoms with E-state index < -0.39 is 0 Å². The van der Waals surface area contributed by atoms with E-state index in [-0.39, 0.29) is 22.4 Å². The summed E-state index contributed by atoms with van der Waals surface area (Å²) in [4.78, 5) is 14.5. The summed E-state index contributed by atoms with van der Waals surface area (Å²) in [5, 5.41) is 4.45. The lowest BCUT2D eigenvalue weighted by molar-refractivity contribution is 0.0651. The molecule has 0 aromatic carbocycles. The zero-order valence-electron chi connectivity index (χ0n) is 13.9. The topological polar surface area (TPSA) is 38.1 Å². The molecule has 1 saturated carbocycles. The first kappa shape index (κ1) is 16.5. The second kappa shape index (κ2) is 5.41. The standard InChI is InChI=1S/C16H26BrN3O/c1-15(2)7-11(8-16(3,4)10-15)20-14(21)13(17)12(9-18-20)19(5)6/h9,11H,7-8,10H2,1-6H3. The summed E-state index contributed by atoms with van der Waals surface area (Å²) in [6, 6.07) is 0.170. The molecule has 1 aliphatic rings. The van der Waals surface area contributed by atoms with E-state index in [1.807, 2.05) is 19.0 Å². The molecule has 1 aromatic heterocycles. The molecule has 0 atom stereocenters. The van der Waals surface area contributed by atoms with Gasteiger partial charge in [0.1, 0.15) is 4.47 Å². The SMILES string of the molecule is CN(C)c1cnn(C2CC(C)(C)CC(C)(C)C2)c(=O)c1Br. The molecule has 0 N–H and O–H groups in total. The molecule has 0 aliphatic heterocycles. The zero-order chi connectivity index (χ0) is 16.0. The highest BCUT2D eigenvalue weighted by atomic mass is 79.9. The number of halogens is 1. The highest BCUT2D eigenvalue weighted by Crippen LogP contribution is 2.49. The minimum absolute atomic E-state index is 0.0281. The number of nitrogens with zero attached hydrogens (tertiary/aromatic N) is 3. The Kier molecular flexibility index (Phi) is 4.26. The quantitative estimate of drug-likeness (QED) is 0.808. The average molecular weight is 356 g/mol. The first-order valence-corrected chi connectivity index (χ1v) is 8.26. The number of rotatable bonds is 2. The Morgan fingerprint density at radius 2 is 1.76 bits per heavy atom. The average Bonchev–Trinajstić information content (AvgIpc) is 2.27. The largest absolute Gasteiger partial charge is 0.375 e. The molecule has 1 aliphatic carbocycles. The van der Waals surface area contributed by atoms with E-state index in [0.29, 0.717) is 4.47 Å². The predicted octanol–water partition coefficient (Wildman–Crippen LogP) is 3.85. The molecular weight excluding hydrogens is 330 g/mol. The molecule has 118 valence electrons. The van der Waals surface area contributed by atoms with Crippen LogP contribution in [-0.2, 0) is 0 Å². The van der Waals surface area contributed by atoms with E-state index in [9.17, 15) is 4.79 Å². The van der Waals surface area contributed by atoms with Gasteiger partial charge in [-0.1, -0.05) is 27.7 Å². The van der Waals surface area contributed by atoms with Gasteiger partial charge in [-0.3, -0.25) is 4.79 Å². The van der Waals surface area contributed by atoms with Gasteiger partial charge in [-0.05, 0) is 46.0 Å². The van der Waals surface area contributed by atoms with E-state index >= 15 is 0 Å². The third kappa shape index (κ3) is 3.50.